The van der Waals surface area contributed by atoms with Crippen molar-refractivity contribution in [3.05, 3.63) is 77.9 Å². The van der Waals surface area contributed by atoms with Crippen LogP contribution in [0, 0.1) is 0 Å². The number of aromatic hydroxyl groups is 1. The molecule has 3 aromatic carbocycles. The third kappa shape index (κ3) is 3.47. The third-order valence-corrected chi connectivity index (χ3v) is 4.99. The Morgan fingerprint density at radius 2 is 1.81 bits per heavy atom. The van der Waals surface area contributed by atoms with Crippen LogP contribution in [0.2, 0.25) is 0 Å². The number of piperazine rings is 1. The number of hydrogen-bond acceptors (Lipinski definition) is 4. The molecule has 1 heterocycles. The van der Waals surface area contributed by atoms with E-state index in [0.717, 1.165) is 36.0 Å². The van der Waals surface area contributed by atoms with E-state index in [9.17, 15) is 9.90 Å². The minimum atomic E-state index is -0.168. The van der Waals surface area contributed by atoms with E-state index < -0.39 is 0 Å². The van der Waals surface area contributed by atoms with Gasteiger partial charge in [0.15, 0.2) is 5.78 Å². The maximum atomic E-state index is 13.2. The lowest BCUT2D eigenvalue weighted by atomic mass is 9.98. The van der Waals surface area contributed by atoms with E-state index in [1.807, 2.05) is 42.5 Å². The number of ketones is 1. The van der Waals surface area contributed by atoms with Gasteiger partial charge in [-0.3, -0.25) is 9.69 Å². The maximum absolute atomic E-state index is 13.2. The highest BCUT2D eigenvalue weighted by Gasteiger charge is 2.29. The van der Waals surface area contributed by atoms with Gasteiger partial charge in [0.2, 0.25) is 0 Å². The van der Waals surface area contributed by atoms with Crippen LogP contribution < -0.4 is 5.32 Å². The molecular formula is C22H22N2O2. The number of benzene rings is 3. The van der Waals surface area contributed by atoms with Crippen LogP contribution in [-0.2, 0) is 6.54 Å². The molecule has 0 aromatic heterocycles. The zero-order valence-corrected chi connectivity index (χ0v) is 14.6. The summed E-state index contributed by atoms with van der Waals surface area (Å²) in [5.41, 5.74) is 1.94. The highest BCUT2D eigenvalue weighted by Crippen LogP contribution is 2.23. The van der Waals surface area contributed by atoms with Crippen LogP contribution in [0.1, 0.15) is 15.9 Å². The van der Waals surface area contributed by atoms with Crippen LogP contribution in [0.15, 0.2) is 66.7 Å². The molecule has 3 aromatic rings. The van der Waals surface area contributed by atoms with Gasteiger partial charge in [-0.05, 0) is 34.5 Å². The number of hydrogen-bond donors (Lipinski definition) is 2. The molecule has 1 atom stereocenters. The fraction of sp³-hybridized carbons (Fsp3) is 0.227. The second-order valence-electron chi connectivity index (χ2n) is 6.79. The van der Waals surface area contributed by atoms with Gasteiger partial charge in [-0.1, -0.05) is 48.5 Å². The van der Waals surface area contributed by atoms with Crippen LogP contribution in [0.4, 0.5) is 0 Å². The minimum Gasteiger partial charge on any atom is -0.508 e. The monoisotopic (exact) mass is 346 g/mol. The summed E-state index contributed by atoms with van der Waals surface area (Å²) >= 11 is 0. The number of Topliss-reactive ketones (excluding diaryl/α,β-unsaturated/α-hetero) is 1. The van der Waals surface area contributed by atoms with Crippen LogP contribution in [-0.4, -0.2) is 41.5 Å². The van der Waals surface area contributed by atoms with Crippen molar-refractivity contribution in [2.24, 2.45) is 0 Å². The zero-order valence-electron chi connectivity index (χ0n) is 14.6. The van der Waals surface area contributed by atoms with Crippen LogP contribution in [0.25, 0.3) is 10.8 Å². The molecular weight excluding hydrogens is 324 g/mol. The van der Waals surface area contributed by atoms with Gasteiger partial charge in [-0.15, -0.1) is 0 Å². The Labute approximate surface area is 153 Å². The summed E-state index contributed by atoms with van der Waals surface area (Å²) < 4.78 is 0. The number of rotatable bonds is 4. The maximum Gasteiger partial charge on any atom is 0.181 e. The summed E-state index contributed by atoms with van der Waals surface area (Å²) in [7, 11) is 0. The smallest absolute Gasteiger partial charge is 0.181 e. The molecule has 26 heavy (non-hydrogen) atoms. The summed E-state index contributed by atoms with van der Waals surface area (Å²) in [5.74, 6) is 0.380. The molecule has 2 N–H and O–H groups in total. The fourth-order valence-corrected chi connectivity index (χ4v) is 3.59. The molecule has 1 unspecified atom stereocenters. The van der Waals surface area contributed by atoms with Crippen LogP contribution in [0.3, 0.4) is 0 Å². The number of nitrogens with zero attached hydrogens (tertiary/aromatic N) is 1. The number of fused-ring (bicyclic) bond motifs is 1. The highest BCUT2D eigenvalue weighted by molar-refractivity contribution is 6.03. The molecule has 0 aliphatic carbocycles. The average Bonchev–Trinajstić information content (AvgIpc) is 2.68. The van der Waals surface area contributed by atoms with E-state index in [1.54, 1.807) is 12.1 Å². The van der Waals surface area contributed by atoms with Gasteiger partial charge in [0.25, 0.3) is 0 Å². The second kappa shape index (κ2) is 7.28. The van der Waals surface area contributed by atoms with E-state index in [4.69, 9.17) is 0 Å². The second-order valence-corrected chi connectivity index (χ2v) is 6.79. The Balaban J connectivity index is 1.59. The van der Waals surface area contributed by atoms with Crippen molar-refractivity contribution in [3.63, 3.8) is 0 Å². The van der Waals surface area contributed by atoms with Crippen molar-refractivity contribution >= 4 is 16.6 Å². The highest BCUT2D eigenvalue weighted by atomic mass is 16.3. The predicted molar refractivity (Wildman–Crippen MR) is 103 cm³/mol. The number of phenolic OH excluding ortho intramolecular Hbond substituents is 1. The molecule has 4 rings (SSSR count). The topological polar surface area (TPSA) is 52.6 Å². The molecule has 4 heteroatoms. The molecule has 1 saturated heterocycles. The van der Waals surface area contributed by atoms with Crippen LogP contribution >= 0.6 is 0 Å². The average molecular weight is 346 g/mol. The predicted octanol–water partition coefficient (Wildman–Crippen LogP) is 3.20. The van der Waals surface area contributed by atoms with Gasteiger partial charge < -0.3 is 10.4 Å². The number of carbonyl (C=O) groups excluding carboxylic acids is 1. The largest absolute Gasteiger partial charge is 0.508 e. The molecule has 0 bridgehead atoms. The summed E-state index contributed by atoms with van der Waals surface area (Å²) in [6.45, 7) is 3.19. The van der Waals surface area contributed by atoms with E-state index in [2.05, 4.69) is 22.3 Å². The SMILES string of the molecule is O=C(c1ccc2cc(O)ccc2c1)C1CNCCN1Cc1ccccc1. The fourth-order valence-electron chi connectivity index (χ4n) is 3.59. The number of carbonyl (C=O) groups is 1. The molecule has 1 aliphatic rings. The van der Waals surface area contributed by atoms with Crippen molar-refractivity contribution in [3.8, 4) is 5.75 Å². The standard InChI is InChI=1S/C22H22N2O2/c25-20-9-8-17-12-19(7-6-18(17)13-20)22(26)21-14-23-10-11-24(21)15-16-4-2-1-3-5-16/h1-9,12-13,21,23,25H,10-11,14-15H2. The molecule has 1 aliphatic heterocycles. The Hall–Kier alpha value is -2.69. The zero-order chi connectivity index (χ0) is 17.9. The van der Waals surface area contributed by atoms with Crippen molar-refractivity contribution < 1.29 is 9.90 Å². The lowest BCUT2D eigenvalue weighted by molar-refractivity contribution is 0.0759. The number of nitrogens with one attached hydrogen (secondary N) is 1. The summed E-state index contributed by atoms with van der Waals surface area (Å²) in [4.78, 5) is 15.4. The third-order valence-electron chi connectivity index (χ3n) is 4.99. The Morgan fingerprint density at radius 3 is 2.65 bits per heavy atom. The molecule has 0 spiro atoms. The van der Waals surface area contributed by atoms with E-state index in [0.29, 0.717) is 6.54 Å². The molecule has 4 nitrogen and oxygen atoms in total. The number of phenols is 1. The van der Waals surface area contributed by atoms with Gasteiger partial charge in [0.05, 0.1) is 6.04 Å². The van der Waals surface area contributed by atoms with Gasteiger partial charge in [0, 0.05) is 31.7 Å². The van der Waals surface area contributed by atoms with Gasteiger partial charge in [0.1, 0.15) is 5.75 Å². The first-order valence-electron chi connectivity index (χ1n) is 8.96. The Kier molecular flexibility index (Phi) is 4.69. The molecule has 132 valence electrons. The van der Waals surface area contributed by atoms with Crippen molar-refractivity contribution in [2.45, 2.75) is 12.6 Å². The molecule has 0 amide bonds. The van der Waals surface area contributed by atoms with Gasteiger partial charge >= 0.3 is 0 Å². The lowest BCUT2D eigenvalue weighted by Crippen LogP contribution is -2.54. The first-order chi connectivity index (χ1) is 12.7. The van der Waals surface area contributed by atoms with E-state index in [-0.39, 0.29) is 17.6 Å². The summed E-state index contributed by atoms with van der Waals surface area (Å²) in [5, 5.41) is 14.9. The first-order valence-corrected chi connectivity index (χ1v) is 8.96. The summed E-state index contributed by atoms with van der Waals surface area (Å²) in [6.07, 6.45) is 0. The minimum absolute atomic E-state index is 0.142. The molecule has 1 fully saturated rings. The Bertz CT molecular complexity index is 924. The quantitative estimate of drug-likeness (QED) is 0.713. The first kappa shape index (κ1) is 16.8. The molecule has 0 radical (unpaired) electrons. The Morgan fingerprint density at radius 1 is 1.04 bits per heavy atom. The van der Waals surface area contributed by atoms with E-state index >= 15 is 0 Å². The van der Waals surface area contributed by atoms with E-state index in [1.165, 1.54) is 5.56 Å². The van der Waals surface area contributed by atoms with Gasteiger partial charge in [-0.25, -0.2) is 0 Å². The van der Waals surface area contributed by atoms with Crippen molar-refractivity contribution in [1.29, 1.82) is 0 Å². The normalized spacial score (nSPS) is 18.1. The van der Waals surface area contributed by atoms with Gasteiger partial charge in [-0.2, -0.15) is 0 Å². The summed E-state index contributed by atoms with van der Waals surface area (Å²) in [6, 6.07) is 21.0. The van der Waals surface area contributed by atoms with Crippen LogP contribution in [0.5, 0.6) is 5.75 Å². The lowest BCUT2D eigenvalue weighted by Gasteiger charge is -2.35. The van der Waals surface area contributed by atoms with Crippen molar-refractivity contribution in [1.82, 2.24) is 10.2 Å². The molecule has 0 saturated carbocycles. The van der Waals surface area contributed by atoms with Crippen molar-refractivity contribution in [2.75, 3.05) is 19.6 Å².